The minimum absolute atomic E-state index is 0.139. The third-order valence-electron chi connectivity index (χ3n) is 3.81. The van der Waals surface area contributed by atoms with Crippen molar-refractivity contribution in [3.63, 3.8) is 0 Å². The van der Waals surface area contributed by atoms with E-state index in [1.54, 1.807) is 0 Å². The van der Waals surface area contributed by atoms with Gasteiger partial charge in [-0.05, 0) is 18.1 Å². The highest BCUT2D eigenvalue weighted by Crippen LogP contribution is 2.20. The van der Waals surface area contributed by atoms with E-state index in [4.69, 9.17) is 0 Å². The van der Waals surface area contributed by atoms with Gasteiger partial charge >= 0.3 is 0 Å². The van der Waals surface area contributed by atoms with Crippen LogP contribution in [0.25, 0.3) is 0 Å². The van der Waals surface area contributed by atoms with Gasteiger partial charge in [0.15, 0.2) is 5.69 Å². The van der Waals surface area contributed by atoms with Gasteiger partial charge in [0.05, 0.1) is 0 Å². The molecule has 1 aliphatic heterocycles. The summed E-state index contributed by atoms with van der Waals surface area (Å²) in [5.41, 5.74) is 4.61. The SMILES string of the molecule is CCCc1ccccc1NC(=O)c1n[nH]c2c1CNCC2. The van der Waals surface area contributed by atoms with Crippen LogP contribution in [0, 0.1) is 0 Å². The van der Waals surface area contributed by atoms with Crippen LogP contribution in [0.5, 0.6) is 0 Å². The number of aromatic amines is 1. The maximum Gasteiger partial charge on any atom is 0.276 e. The third kappa shape index (κ3) is 2.83. The van der Waals surface area contributed by atoms with Crippen molar-refractivity contribution in [2.24, 2.45) is 0 Å². The average molecular weight is 284 g/mol. The lowest BCUT2D eigenvalue weighted by atomic mass is 10.1. The van der Waals surface area contributed by atoms with Crippen LogP contribution in [-0.4, -0.2) is 22.6 Å². The topological polar surface area (TPSA) is 69.8 Å². The standard InChI is InChI=1S/C16H20N4O/c1-2-5-11-6-3-4-7-13(11)18-16(21)15-12-10-17-9-8-14(12)19-20-15/h3-4,6-7,17H,2,5,8-10H2,1H3,(H,18,21)(H,19,20). The van der Waals surface area contributed by atoms with Crippen molar-refractivity contribution >= 4 is 11.6 Å². The molecular formula is C16H20N4O. The lowest BCUT2D eigenvalue weighted by Crippen LogP contribution is -2.25. The normalized spacial score (nSPS) is 13.8. The van der Waals surface area contributed by atoms with Crippen LogP contribution in [0.3, 0.4) is 0 Å². The molecule has 0 aliphatic carbocycles. The summed E-state index contributed by atoms with van der Waals surface area (Å²) in [7, 11) is 0. The largest absolute Gasteiger partial charge is 0.320 e. The Morgan fingerprint density at radius 1 is 1.38 bits per heavy atom. The number of amides is 1. The Morgan fingerprint density at radius 3 is 3.10 bits per heavy atom. The van der Waals surface area contributed by atoms with Gasteiger partial charge in [0, 0.05) is 36.5 Å². The first-order valence-electron chi connectivity index (χ1n) is 7.45. The Morgan fingerprint density at radius 2 is 2.24 bits per heavy atom. The lowest BCUT2D eigenvalue weighted by molar-refractivity contribution is 0.102. The summed E-state index contributed by atoms with van der Waals surface area (Å²) in [5.74, 6) is -0.139. The Hall–Kier alpha value is -2.14. The number of para-hydroxylation sites is 1. The molecule has 1 aliphatic rings. The Kier molecular flexibility index (Phi) is 4.01. The molecule has 5 nitrogen and oxygen atoms in total. The monoisotopic (exact) mass is 284 g/mol. The molecule has 0 fully saturated rings. The molecule has 3 rings (SSSR count). The van der Waals surface area contributed by atoms with E-state index in [-0.39, 0.29) is 5.91 Å². The first-order chi connectivity index (χ1) is 10.3. The molecule has 5 heteroatoms. The zero-order valence-electron chi connectivity index (χ0n) is 12.2. The van der Waals surface area contributed by atoms with Gasteiger partial charge in [-0.1, -0.05) is 31.5 Å². The summed E-state index contributed by atoms with van der Waals surface area (Å²) in [6.45, 7) is 3.76. The highest BCUT2D eigenvalue weighted by Gasteiger charge is 2.21. The van der Waals surface area contributed by atoms with E-state index < -0.39 is 0 Å². The Balaban J connectivity index is 1.82. The molecule has 1 amide bonds. The van der Waals surface area contributed by atoms with Gasteiger partial charge in [-0.3, -0.25) is 9.89 Å². The summed E-state index contributed by atoms with van der Waals surface area (Å²) < 4.78 is 0. The summed E-state index contributed by atoms with van der Waals surface area (Å²) in [6.07, 6.45) is 2.90. The molecule has 0 unspecified atom stereocenters. The van der Waals surface area contributed by atoms with Crippen LogP contribution in [0.2, 0.25) is 0 Å². The number of H-pyrrole nitrogens is 1. The second kappa shape index (κ2) is 6.10. The number of carbonyl (C=O) groups is 1. The fraction of sp³-hybridized carbons (Fsp3) is 0.375. The third-order valence-corrected chi connectivity index (χ3v) is 3.81. The number of benzene rings is 1. The van der Waals surface area contributed by atoms with E-state index in [9.17, 15) is 4.79 Å². The fourth-order valence-electron chi connectivity index (χ4n) is 2.72. The lowest BCUT2D eigenvalue weighted by Gasteiger charge is -2.13. The number of carbonyl (C=O) groups excluding carboxylic acids is 1. The molecule has 0 spiro atoms. The number of aryl methyl sites for hydroxylation is 1. The van der Waals surface area contributed by atoms with Gasteiger partial charge in [-0.2, -0.15) is 5.10 Å². The molecule has 0 saturated heterocycles. The number of rotatable bonds is 4. The molecule has 2 heterocycles. The Labute approximate surface area is 124 Å². The molecule has 21 heavy (non-hydrogen) atoms. The van der Waals surface area contributed by atoms with E-state index in [2.05, 4.69) is 33.8 Å². The number of hydrogen-bond acceptors (Lipinski definition) is 3. The summed E-state index contributed by atoms with van der Waals surface area (Å²) in [6, 6.07) is 7.94. The second-order valence-corrected chi connectivity index (χ2v) is 5.32. The van der Waals surface area contributed by atoms with E-state index in [1.165, 1.54) is 0 Å². The highest BCUT2D eigenvalue weighted by molar-refractivity contribution is 6.04. The molecule has 0 saturated carbocycles. The van der Waals surface area contributed by atoms with Crippen LogP contribution in [0.15, 0.2) is 24.3 Å². The minimum atomic E-state index is -0.139. The molecule has 110 valence electrons. The number of hydrogen-bond donors (Lipinski definition) is 3. The smallest absolute Gasteiger partial charge is 0.276 e. The Bertz CT molecular complexity index is 647. The number of anilines is 1. The van der Waals surface area contributed by atoms with Crippen molar-refractivity contribution in [3.05, 3.63) is 46.8 Å². The number of nitrogens with zero attached hydrogens (tertiary/aromatic N) is 1. The zero-order chi connectivity index (χ0) is 14.7. The van der Waals surface area contributed by atoms with Crippen molar-refractivity contribution < 1.29 is 4.79 Å². The number of nitrogens with one attached hydrogen (secondary N) is 3. The molecule has 3 N–H and O–H groups in total. The van der Waals surface area contributed by atoms with Crippen molar-refractivity contribution in [3.8, 4) is 0 Å². The fourth-order valence-corrected chi connectivity index (χ4v) is 2.72. The second-order valence-electron chi connectivity index (χ2n) is 5.32. The van der Waals surface area contributed by atoms with Gasteiger partial charge in [0.1, 0.15) is 0 Å². The van der Waals surface area contributed by atoms with Crippen LogP contribution < -0.4 is 10.6 Å². The maximum atomic E-state index is 12.5. The summed E-state index contributed by atoms with van der Waals surface area (Å²) >= 11 is 0. The van der Waals surface area contributed by atoms with E-state index in [0.29, 0.717) is 12.2 Å². The molecule has 2 aromatic rings. The van der Waals surface area contributed by atoms with Crippen LogP contribution in [-0.2, 0) is 19.4 Å². The van der Waals surface area contributed by atoms with Crippen molar-refractivity contribution in [2.45, 2.75) is 32.7 Å². The maximum absolute atomic E-state index is 12.5. The van der Waals surface area contributed by atoms with Crippen LogP contribution in [0.1, 0.15) is 40.7 Å². The van der Waals surface area contributed by atoms with E-state index in [0.717, 1.165) is 48.3 Å². The van der Waals surface area contributed by atoms with Gasteiger partial charge in [0.25, 0.3) is 5.91 Å². The highest BCUT2D eigenvalue weighted by atomic mass is 16.1. The van der Waals surface area contributed by atoms with Gasteiger partial charge in [-0.15, -0.1) is 0 Å². The van der Waals surface area contributed by atoms with Crippen molar-refractivity contribution in [1.82, 2.24) is 15.5 Å². The molecule has 0 radical (unpaired) electrons. The minimum Gasteiger partial charge on any atom is -0.320 e. The number of fused-ring (bicyclic) bond motifs is 1. The molecular weight excluding hydrogens is 264 g/mol. The van der Waals surface area contributed by atoms with Crippen LogP contribution in [0.4, 0.5) is 5.69 Å². The average Bonchev–Trinajstić information content (AvgIpc) is 2.93. The number of aromatic nitrogens is 2. The van der Waals surface area contributed by atoms with Gasteiger partial charge in [-0.25, -0.2) is 0 Å². The molecule has 0 atom stereocenters. The molecule has 1 aromatic carbocycles. The van der Waals surface area contributed by atoms with E-state index >= 15 is 0 Å². The van der Waals surface area contributed by atoms with E-state index in [1.807, 2.05) is 18.2 Å². The predicted octanol–water partition coefficient (Wildman–Crippen LogP) is 2.26. The summed E-state index contributed by atoms with van der Waals surface area (Å²) in [5, 5.41) is 13.5. The van der Waals surface area contributed by atoms with Crippen LogP contribution >= 0.6 is 0 Å². The molecule has 1 aromatic heterocycles. The molecule has 0 bridgehead atoms. The predicted molar refractivity (Wildman–Crippen MR) is 82.4 cm³/mol. The van der Waals surface area contributed by atoms with Gasteiger partial charge < -0.3 is 10.6 Å². The van der Waals surface area contributed by atoms with Gasteiger partial charge in [0.2, 0.25) is 0 Å². The quantitative estimate of drug-likeness (QED) is 0.806. The summed E-state index contributed by atoms with van der Waals surface area (Å²) in [4.78, 5) is 12.5. The first kappa shape index (κ1) is 13.8. The first-order valence-corrected chi connectivity index (χ1v) is 7.45. The van der Waals surface area contributed by atoms with Crippen molar-refractivity contribution in [2.75, 3.05) is 11.9 Å². The zero-order valence-corrected chi connectivity index (χ0v) is 12.2. The van der Waals surface area contributed by atoms with Crippen molar-refractivity contribution in [1.29, 1.82) is 0 Å².